The van der Waals surface area contributed by atoms with E-state index in [4.69, 9.17) is 11.6 Å². The number of para-hydroxylation sites is 1. The number of aromatic nitrogens is 1. The molecule has 0 fully saturated rings. The van der Waals surface area contributed by atoms with E-state index in [9.17, 15) is 0 Å². The Labute approximate surface area is 98.7 Å². The fourth-order valence-electron chi connectivity index (χ4n) is 2.08. The van der Waals surface area contributed by atoms with Crippen LogP contribution >= 0.6 is 11.6 Å². The quantitative estimate of drug-likeness (QED) is 0.521. The minimum atomic E-state index is 0.731. The first-order valence-electron chi connectivity index (χ1n) is 5.20. The molecule has 0 atom stereocenters. The minimum Gasteiger partial charge on any atom is -0.248 e. The molecule has 16 heavy (non-hydrogen) atoms. The average molecular weight is 228 g/mol. The molecule has 3 rings (SSSR count). The number of benzene rings is 2. The van der Waals surface area contributed by atoms with Gasteiger partial charge in [-0.1, -0.05) is 35.9 Å². The number of nitrogens with zero attached hydrogens (tertiary/aromatic N) is 1. The molecule has 0 bridgehead atoms. The van der Waals surface area contributed by atoms with Crippen molar-refractivity contribution < 1.29 is 0 Å². The Hall–Kier alpha value is -1.60. The van der Waals surface area contributed by atoms with Crippen molar-refractivity contribution in [1.29, 1.82) is 0 Å². The molecule has 2 aromatic carbocycles. The summed E-state index contributed by atoms with van der Waals surface area (Å²) in [5.74, 6) is 0. The fourth-order valence-corrected chi connectivity index (χ4v) is 2.24. The van der Waals surface area contributed by atoms with Crippen LogP contribution in [0.2, 0.25) is 5.02 Å². The molecule has 0 N–H and O–H groups in total. The molecule has 1 heterocycles. The van der Waals surface area contributed by atoms with E-state index in [1.54, 1.807) is 0 Å². The summed E-state index contributed by atoms with van der Waals surface area (Å²) >= 11 is 5.98. The number of halogens is 1. The molecule has 0 radical (unpaired) electrons. The first-order valence-corrected chi connectivity index (χ1v) is 5.58. The standard InChI is InChI=1S/C14H10ClN/c1-9-11-4-2-3-5-13(11)16-14-8-10(15)6-7-12(9)14/h2-8H,1H3. The SMILES string of the molecule is Cc1c2ccccc2nc2cc(Cl)ccc12. The highest BCUT2D eigenvalue weighted by atomic mass is 35.5. The first-order chi connectivity index (χ1) is 7.75. The highest BCUT2D eigenvalue weighted by Gasteiger charge is 2.04. The third kappa shape index (κ3) is 1.36. The van der Waals surface area contributed by atoms with Gasteiger partial charge in [0.25, 0.3) is 0 Å². The summed E-state index contributed by atoms with van der Waals surface area (Å²) in [5.41, 5.74) is 3.25. The second kappa shape index (κ2) is 3.46. The summed E-state index contributed by atoms with van der Waals surface area (Å²) in [6.07, 6.45) is 0. The van der Waals surface area contributed by atoms with Gasteiger partial charge in [0.05, 0.1) is 11.0 Å². The normalized spacial score (nSPS) is 11.1. The highest BCUT2D eigenvalue weighted by Crippen LogP contribution is 2.26. The van der Waals surface area contributed by atoms with Gasteiger partial charge < -0.3 is 0 Å². The number of hydrogen-bond donors (Lipinski definition) is 0. The number of fused-ring (bicyclic) bond motifs is 2. The first kappa shape index (κ1) is 9.61. The lowest BCUT2D eigenvalue weighted by Gasteiger charge is -2.06. The molecule has 1 nitrogen and oxygen atoms in total. The second-order valence-electron chi connectivity index (χ2n) is 3.92. The summed E-state index contributed by atoms with van der Waals surface area (Å²) in [6, 6.07) is 14.0. The van der Waals surface area contributed by atoms with Crippen LogP contribution in [0.15, 0.2) is 42.5 Å². The largest absolute Gasteiger partial charge is 0.248 e. The van der Waals surface area contributed by atoms with E-state index in [1.807, 2.05) is 36.4 Å². The Kier molecular flexibility index (Phi) is 2.08. The summed E-state index contributed by atoms with van der Waals surface area (Å²) in [6.45, 7) is 2.13. The zero-order chi connectivity index (χ0) is 11.1. The Morgan fingerprint density at radius 2 is 1.69 bits per heavy atom. The maximum atomic E-state index is 5.98. The number of hydrogen-bond acceptors (Lipinski definition) is 1. The van der Waals surface area contributed by atoms with E-state index >= 15 is 0 Å². The van der Waals surface area contributed by atoms with Gasteiger partial charge in [0, 0.05) is 15.8 Å². The van der Waals surface area contributed by atoms with Gasteiger partial charge in [-0.05, 0) is 30.7 Å². The van der Waals surface area contributed by atoms with Gasteiger partial charge in [0.15, 0.2) is 0 Å². The average Bonchev–Trinajstić information content (AvgIpc) is 2.29. The van der Waals surface area contributed by atoms with Crippen LogP contribution < -0.4 is 0 Å². The summed E-state index contributed by atoms with van der Waals surface area (Å²) in [5, 5.41) is 3.11. The van der Waals surface area contributed by atoms with E-state index in [1.165, 1.54) is 16.3 Å². The highest BCUT2D eigenvalue weighted by molar-refractivity contribution is 6.31. The van der Waals surface area contributed by atoms with Gasteiger partial charge in [-0.2, -0.15) is 0 Å². The van der Waals surface area contributed by atoms with Crippen LogP contribution in [-0.4, -0.2) is 4.98 Å². The van der Waals surface area contributed by atoms with Crippen molar-refractivity contribution in [2.45, 2.75) is 6.92 Å². The van der Waals surface area contributed by atoms with E-state index in [2.05, 4.69) is 18.0 Å². The molecule has 78 valence electrons. The van der Waals surface area contributed by atoms with Crippen molar-refractivity contribution >= 4 is 33.4 Å². The van der Waals surface area contributed by atoms with Crippen molar-refractivity contribution in [2.75, 3.05) is 0 Å². The second-order valence-corrected chi connectivity index (χ2v) is 4.35. The van der Waals surface area contributed by atoms with Crippen LogP contribution in [0.5, 0.6) is 0 Å². The van der Waals surface area contributed by atoms with Gasteiger partial charge in [-0.25, -0.2) is 4.98 Å². The van der Waals surface area contributed by atoms with E-state index < -0.39 is 0 Å². The van der Waals surface area contributed by atoms with Crippen LogP contribution in [-0.2, 0) is 0 Å². The van der Waals surface area contributed by atoms with Crippen LogP contribution in [0.3, 0.4) is 0 Å². The molecule has 0 aliphatic carbocycles. The van der Waals surface area contributed by atoms with Gasteiger partial charge in [-0.3, -0.25) is 0 Å². The van der Waals surface area contributed by atoms with Crippen molar-refractivity contribution in [2.24, 2.45) is 0 Å². The molecule has 0 saturated heterocycles. The lowest BCUT2D eigenvalue weighted by Crippen LogP contribution is -1.87. The Morgan fingerprint density at radius 1 is 0.938 bits per heavy atom. The van der Waals surface area contributed by atoms with Gasteiger partial charge >= 0.3 is 0 Å². The number of pyridine rings is 1. The summed E-state index contributed by atoms with van der Waals surface area (Å²) in [4.78, 5) is 4.61. The molecule has 0 aliphatic heterocycles. The third-order valence-corrected chi connectivity index (χ3v) is 3.15. The lowest BCUT2D eigenvalue weighted by molar-refractivity contribution is 1.45. The van der Waals surface area contributed by atoms with E-state index in [0.717, 1.165) is 16.1 Å². The van der Waals surface area contributed by atoms with Crippen molar-refractivity contribution in [3.8, 4) is 0 Å². The minimum absolute atomic E-state index is 0.731. The zero-order valence-corrected chi connectivity index (χ0v) is 9.62. The third-order valence-electron chi connectivity index (χ3n) is 2.91. The van der Waals surface area contributed by atoms with E-state index in [-0.39, 0.29) is 0 Å². The van der Waals surface area contributed by atoms with Crippen LogP contribution in [0.1, 0.15) is 5.56 Å². The number of aryl methyl sites for hydroxylation is 1. The molecular weight excluding hydrogens is 218 g/mol. The zero-order valence-electron chi connectivity index (χ0n) is 8.87. The summed E-state index contributed by atoms with van der Waals surface area (Å²) < 4.78 is 0. The lowest BCUT2D eigenvalue weighted by atomic mass is 10.0. The van der Waals surface area contributed by atoms with Crippen LogP contribution in [0.4, 0.5) is 0 Å². The molecule has 0 spiro atoms. The molecule has 0 aliphatic rings. The predicted molar refractivity (Wildman–Crippen MR) is 69.0 cm³/mol. The van der Waals surface area contributed by atoms with Crippen molar-refractivity contribution in [1.82, 2.24) is 4.98 Å². The van der Waals surface area contributed by atoms with Crippen LogP contribution in [0.25, 0.3) is 21.8 Å². The topological polar surface area (TPSA) is 12.9 Å². The van der Waals surface area contributed by atoms with E-state index in [0.29, 0.717) is 0 Å². The van der Waals surface area contributed by atoms with Crippen molar-refractivity contribution in [3.63, 3.8) is 0 Å². The fraction of sp³-hybridized carbons (Fsp3) is 0.0714. The number of rotatable bonds is 0. The van der Waals surface area contributed by atoms with Gasteiger partial charge in [0.1, 0.15) is 0 Å². The Morgan fingerprint density at radius 3 is 2.56 bits per heavy atom. The molecule has 0 saturated carbocycles. The summed E-state index contributed by atoms with van der Waals surface area (Å²) in [7, 11) is 0. The smallest absolute Gasteiger partial charge is 0.0727 e. The monoisotopic (exact) mass is 227 g/mol. The van der Waals surface area contributed by atoms with Gasteiger partial charge in [0.2, 0.25) is 0 Å². The molecular formula is C14H10ClN. The maximum absolute atomic E-state index is 5.98. The molecule has 3 aromatic rings. The van der Waals surface area contributed by atoms with Crippen LogP contribution in [0, 0.1) is 6.92 Å². The Bertz CT molecular complexity index is 689. The molecule has 0 amide bonds. The van der Waals surface area contributed by atoms with Gasteiger partial charge in [-0.15, -0.1) is 0 Å². The molecule has 0 unspecified atom stereocenters. The maximum Gasteiger partial charge on any atom is 0.0727 e. The predicted octanol–water partition coefficient (Wildman–Crippen LogP) is 4.35. The molecule has 2 heteroatoms. The Balaban J connectivity index is 2.55. The molecule has 1 aromatic heterocycles. The van der Waals surface area contributed by atoms with Crippen molar-refractivity contribution in [3.05, 3.63) is 53.1 Å².